The van der Waals surface area contributed by atoms with Gasteiger partial charge in [0.1, 0.15) is 7.11 Å². The molecule has 1 aliphatic rings. The van der Waals surface area contributed by atoms with Crippen LogP contribution in [0.15, 0.2) is 15.2 Å². The molecule has 0 unspecified atom stereocenters. The van der Waals surface area contributed by atoms with Gasteiger partial charge >= 0.3 is 0 Å². The maximum absolute atomic E-state index is 11.7. The zero-order valence-corrected chi connectivity index (χ0v) is 12.4. The minimum atomic E-state index is 0.430. The Labute approximate surface area is 122 Å². The van der Waals surface area contributed by atoms with E-state index in [0.29, 0.717) is 20.4 Å². The van der Waals surface area contributed by atoms with Gasteiger partial charge in [-0.25, -0.2) is 0 Å². The first kappa shape index (κ1) is 12.0. The number of nitrogens with zero attached hydrogens (tertiary/aromatic N) is 3. The van der Waals surface area contributed by atoms with Crippen LogP contribution in [0, 0.1) is 5.21 Å². The van der Waals surface area contributed by atoms with Crippen molar-refractivity contribution in [3.05, 3.63) is 27.0 Å². The van der Waals surface area contributed by atoms with Crippen LogP contribution < -0.4 is 9.74 Å². The molecular formula is C13H12BrN3O3. The van der Waals surface area contributed by atoms with E-state index in [2.05, 4.69) is 21.1 Å². The lowest BCUT2D eigenvalue weighted by atomic mass is 9.95. The smallest absolute Gasteiger partial charge is 0.259 e. The molecule has 0 saturated carbocycles. The third-order valence-electron chi connectivity index (χ3n) is 3.98. The van der Waals surface area contributed by atoms with E-state index in [0.717, 1.165) is 36.6 Å². The van der Waals surface area contributed by atoms with Gasteiger partial charge < -0.3 is 10.0 Å². The minimum Gasteiger partial charge on any atom is -0.417 e. The van der Waals surface area contributed by atoms with Crippen molar-refractivity contribution < 1.29 is 14.4 Å². The zero-order chi connectivity index (χ0) is 13.9. The average molecular weight is 338 g/mol. The first-order chi connectivity index (χ1) is 9.72. The van der Waals surface area contributed by atoms with E-state index in [1.54, 1.807) is 7.11 Å². The number of aryl methyl sites for hydroxylation is 1. The summed E-state index contributed by atoms with van der Waals surface area (Å²) in [4.78, 5) is 5.97. The molecule has 0 saturated heterocycles. The minimum absolute atomic E-state index is 0.430. The molecule has 1 aromatic carbocycles. The molecule has 104 valence electrons. The molecule has 20 heavy (non-hydrogen) atoms. The Morgan fingerprint density at radius 3 is 3.05 bits per heavy atom. The molecule has 0 spiro atoms. The van der Waals surface area contributed by atoms with Crippen LogP contribution in [0.25, 0.3) is 21.9 Å². The van der Waals surface area contributed by atoms with Gasteiger partial charge in [0.2, 0.25) is 5.52 Å². The third-order valence-corrected chi connectivity index (χ3v) is 4.59. The maximum Gasteiger partial charge on any atom is 0.259 e. The van der Waals surface area contributed by atoms with Crippen molar-refractivity contribution in [1.29, 1.82) is 0 Å². The van der Waals surface area contributed by atoms with Crippen molar-refractivity contribution in [2.75, 3.05) is 7.11 Å². The Morgan fingerprint density at radius 2 is 2.25 bits per heavy atom. The van der Waals surface area contributed by atoms with E-state index < -0.39 is 0 Å². The molecule has 6 nitrogen and oxygen atoms in total. The normalized spacial score (nSPS) is 14.9. The summed E-state index contributed by atoms with van der Waals surface area (Å²) in [5.41, 5.74) is 4.35. The van der Waals surface area contributed by atoms with Crippen molar-refractivity contribution in [3.63, 3.8) is 0 Å². The second kappa shape index (κ2) is 4.12. The van der Waals surface area contributed by atoms with Gasteiger partial charge in [-0.2, -0.15) is 4.73 Å². The van der Waals surface area contributed by atoms with Crippen LogP contribution in [0.1, 0.15) is 24.1 Å². The Morgan fingerprint density at radius 1 is 1.45 bits per heavy atom. The van der Waals surface area contributed by atoms with E-state index in [1.165, 1.54) is 11.3 Å². The lowest BCUT2D eigenvalue weighted by Gasteiger charge is -2.14. The van der Waals surface area contributed by atoms with Gasteiger partial charge in [0.25, 0.3) is 5.52 Å². The third kappa shape index (κ3) is 1.38. The zero-order valence-electron chi connectivity index (χ0n) is 10.9. The van der Waals surface area contributed by atoms with Crippen molar-refractivity contribution in [2.45, 2.75) is 25.7 Å². The van der Waals surface area contributed by atoms with Gasteiger partial charge in [0, 0.05) is 5.16 Å². The highest BCUT2D eigenvalue weighted by atomic mass is 79.9. The van der Waals surface area contributed by atoms with Crippen molar-refractivity contribution in [1.82, 2.24) is 9.89 Å². The summed E-state index contributed by atoms with van der Waals surface area (Å²) in [6.45, 7) is 0. The van der Waals surface area contributed by atoms with Crippen molar-refractivity contribution >= 4 is 37.9 Å². The number of aromatic nitrogens is 3. The summed E-state index contributed by atoms with van der Waals surface area (Å²) < 4.78 is 7.27. The first-order valence-corrected chi connectivity index (χ1v) is 7.30. The molecule has 2 heterocycles. The lowest BCUT2D eigenvalue weighted by molar-refractivity contribution is -0.782. The summed E-state index contributed by atoms with van der Waals surface area (Å²) >= 11 is 3.41. The fraction of sp³-hybridized carbons (Fsp3) is 0.385. The van der Waals surface area contributed by atoms with Crippen LogP contribution >= 0.6 is 15.9 Å². The van der Waals surface area contributed by atoms with E-state index >= 15 is 0 Å². The van der Waals surface area contributed by atoms with Crippen molar-refractivity contribution in [2.24, 2.45) is 0 Å². The molecule has 3 aromatic rings. The second-order valence-corrected chi connectivity index (χ2v) is 5.84. The van der Waals surface area contributed by atoms with Gasteiger partial charge in [-0.1, -0.05) is 0 Å². The van der Waals surface area contributed by atoms with Crippen LogP contribution in [0.5, 0.6) is 0 Å². The standard InChI is InChI=1S/C13H12BrN3O3/c1-19-16-9-5-3-2-4-7(9)11-10(16)6-8(14)13-12(11)15-20-17(13)18/h6H,2-5H2,1H3. The van der Waals surface area contributed by atoms with Crippen LogP contribution in [0.3, 0.4) is 0 Å². The topological polar surface area (TPSA) is 67.1 Å². The Hall–Kier alpha value is -1.76. The summed E-state index contributed by atoms with van der Waals surface area (Å²) in [5.74, 6) is 0. The van der Waals surface area contributed by atoms with E-state index in [-0.39, 0.29) is 0 Å². The molecule has 0 bridgehead atoms. The molecule has 1 aliphatic carbocycles. The molecule has 2 aromatic heterocycles. The molecular weight excluding hydrogens is 326 g/mol. The number of hydrogen-bond donors (Lipinski definition) is 0. The molecule has 0 atom stereocenters. The van der Waals surface area contributed by atoms with Crippen LogP contribution in [0.2, 0.25) is 0 Å². The summed E-state index contributed by atoms with van der Waals surface area (Å²) in [7, 11) is 1.66. The molecule has 7 heteroatoms. The SMILES string of the molecule is COn1c2c(c3c4no[n+]([O-])c4c(Br)cc31)CCCC2. The Balaban J connectivity index is 2.24. The fourth-order valence-electron chi connectivity index (χ4n) is 3.19. The number of rotatable bonds is 1. The van der Waals surface area contributed by atoms with Gasteiger partial charge in [-0.3, -0.25) is 4.63 Å². The molecule has 0 radical (unpaired) electrons. The monoisotopic (exact) mass is 337 g/mol. The highest BCUT2D eigenvalue weighted by Crippen LogP contribution is 2.37. The van der Waals surface area contributed by atoms with Crippen LogP contribution in [-0.2, 0) is 12.8 Å². The number of halogens is 1. The molecule has 0 aliphatic heterocycles. The van der Waals surface area contributed by atoms with Gasteiger partial charge in [0.05, 0.1) is 21.1 Å². The fourth-order valence-corrected chi connectivity index (χ4v) is 3.74. The van der Waals surface area contributed by atoms with E-state index in [9.17, 15) is 5.21 Å². The number of fused-ring (bicyclic) bond motifs is 5. The predicted molar refractivity (Wildman–Crippen MR) is 75.3 cm³/mol. The largest absolute Gasteiger partial charge is 0.417 e. The quantitative estimate of drug-likeness (QED) is 0.638. The van der Waals surface area contributed by atoms with Gasteiger partial charge in [0.15, 0.2) is 0 Å². The van der Waals surface area contributed by atoms with Crippen LogP contribution in [-0.4, -0.2) is 17.0 Å². The lowest BCUT2D eigenvalue weighted by Crippen LogP contribution is -2.22. The number of hydrogen-bond acceptors (Lipinski definition) is 4. The molecule has 0 N–H and O–H groups in total. The van der Waals surface area contributed by atoms with E-state index in [1.807, 2.05) is 10.8 Å². The average Bonchev–Trinajstić information content (AvgIpc) is 2.97. The molecule has 4 rings (SSSR count). The highest BCUT2D eigenvalue weighted by Gasteiger charge is 2.28. The molecule has 0 fully saturated rings. The highest BCUT2D eigenvalue weighted by molar-refractivity contribution is 9.10. The second-order valence-electron chi connectivity index (χ2n) is 4.99. The number of benzene rings is 1. The predicted octanol–water partition coefficient (Wildman–Crippen LogP) is 2.12. The molecule has 0 amide bonds. The summed E-state index contributed by atoms with van der Waals surface area (Å²) in [6, 6.07) is 1.89. The Kier molecular flexibility index (Phi) is 2.47. The van der Waals surface area contributed by atoms with Gasteiger partial charge in [-0.15, -0.1) is 0 Å². The van der Waals surface area contributed by atoms with Gasteiger partial charge in [-0.05, 0) is 58.1 Å². The van der Waals surface area contributed by atoms with E-state index in [4.69, 9.17) is 9.47 Å². The summed E-state index contributed by atoms with van der Waals surface area (Å²) in [5, 5.41) is 16.6. The van der Waals surface area contributed by atoms with Crippen LogP contribution in [0.4, 0.5) is 0 Å². The maximum atomic E-state index is 11.7. The Bertz CT molecular complexity index is 837. The van der Waals surface area contributed by atoms with Crippen molar-refractivity contribution in [3.8, 4) is 0 Å². The summed E-state index contributed by atoms with van der Waals surface area (Å²) in [6.07, 6.45) is 4.25. The first-order valence-electron chi connectivity index (χ1n) is 6.51.